The molecule has 2 fully saturated rings. The van der Waals surface area contributed by atoms with Gasteiger partial charge in [0.05, 0.1) is 18.8 Å². The van der Waals surface area contributed by atoms with Crippen molar-refractivity contribution in [3.05, 3.63) is 60.2 Å². The van der Waals surface area contributed by atoms with Gasteiger partial charge in [-0.05, 0) is 28.6 Å². The maximum atomic E-state index is 12.9. The Morgan fingerprint density at radius 2 is 1.85 bits per heavy atom. The van der Waals surface area contributed by atoms with Gasteiger partial charge >= 0.3 is 12.3 Å². The van der Waals surface area contributed by atoms with E-state index in [0.29, 0.717) is 5.82 Å². The molecule has 1 N–H and O–H groups in total. The van der Waals surface area contributed by atoms with Gasteiger partial charge in [-0.2, -0.15) is 13.2 Å². The molecule has 2 saturated heterocycles. The van der Waals surface area contributed by atoms with Crippen LogP contribution in [0.3, 0.4) is 0 Å². The number of amides is 1. The third-order valence-electron chi connectivity index (χ3n) is 5.52. The van der Waals surface area contributed by atoms with Gasteiger partial charge in [-0.3, -0.25) is 5.32 Å². The molecule has 0 spiro atoms. The highest BCUT2D eigenvalue weighted by atomic mass is 19.4. The smallest absolute Gasteiger partial charge is 0.416 e. The van der Waals surface area contributed by atoms with E-state index in [9.17, 15) is 18.0 Å². The largest absolute Gasteiger partial charge is 0.441 e. The second-order valence-corrected chi connectivity index (χ2v) is 7.62. The van der Waals surface area contributed by atoms with Crippen LogP contribution in [-0.2, 0) is 20.4 Å². The average Bonchev–Trinajstić information content (AvgIpc) is 3.51. The van der Waals surface area contributed by atoms with E-state index in [1.54, 1.807) is 4.68 Å². The fourth-order valence-electron chi connectivity index (χ4n) is 4.01. The number of aromatic nitrogens is 4. The zero-order valence-electron chi connectivity index (χ0n) is 17.0. The van der Waals surface area contributed by atoms with E-state index in [-0.39, 0.29) is 24.9 Å². The number of fused-ring (bicyclic) bond motifs is 1. The summed E-state index contributed by atoms with van der Waals surface area (Å²) in [5, 5.41) is 14.3. The summed E-state index contributed by atoms with van der Waals surface area (Å²) >= 11 is 0. The third-order valence-corrected chi connectivity index (χ3v) is 5.52. The topological polar surface area (TPSA) is 100 Å². The Kier molecular flexibility index (Phi) is 5.46. The first kappa shape index (κ1) is 21.3. The fourth-order valence-corrected chi connectivity index (χ4v) is 4.01. The molecule has 33 heavy (non-hydrogen) atoms. The van der Waals surface area contributed by atoms with E-state index in [4.69, 9.17) is 14.2 Å². The summed E-state index contributed by atoms with van der Waals surface area (Å²) in [5.41, 5.74) is -0.0731. The van der Waals surface area contributed by atoms with Gasteiger partial charge in [0.2, 0.25) is 0 Å². The minimum Gasteiger partial charge on any atom is -0.441 e. The van der Waals surface area contributed by atoms with Crippen LogP contribution in [-0.4, -0.2) is 57.8 Å². The molecule has 9 nitrogen and oxygen atoms in total. The zero-order chi connectivity index (χ0) is 23.0. The molecule has 172 valence electrons. The van der Waals surface area contributed by atoms with Crippen LogP contribution in [0.2, 0.25) is 0 Å². The van der Waals surface area contributed by atoms with Crippen LogP contribution in [0, 0.1) is 0 Å². The number of nitrogens with one attached hydrogen (secondary N) is 1. The second kappa shape index (κ2) is 8.45. The lowest BCUT2D eigenvalue weighted by atomic mass is 10.1. The van der Waals surface area contributed by atoms with Crippen molar-refractivity contribution in [2.75, 3.05) is 18.5 Å². The quantitative estimate of drug-likeness (QED) is 0.636. The molecule has 0 bridgehead atoms. The van der Waals surface area contributed by atoms with Gasteiger partial charge in [0.1, 0.15) is 18.2 Å². The first-order valence-corrected chi connectivity index (χ1v) is 10.1. The lowest BCUT2D eigenvalue weighted by molar-refractivity contribution is -0.137. The molecule has 3 aromatic rings. The molecule has 0 unspecified atom stereocenters. The highest BCUT2D eigenvalue weighted by Crippen LogP contribution is 2.37. The average molecular weight is 461 g/mol. The molecule has 0 aliphatic carbocycles. The molecule has 0 saturated carbocycles. The van der Waals surface area contributed by atoms with Crippen LogP contribution in [0.5, 0.6) is 0 Å². The van der Waals surface area contributed by atoms with Gasteiger partial charge in [-0.25, -0.2) is 9.48 Å². The number of anilines is 1. The van der Waals surface area contributed by atoms with E-state index in [1.165, 1.54) is 12.1 Å². The number of hydrogen-bond donors (Lipinski definition) is 1. The SMILES string of the molecule is O=C(Nc1cccc(C(F)(F)F)c1)O[C@@H]1CO[C@H]2[C@@H]1OC[C@@H]2n1nnnc1-c1ccccc1. The maximum absolute atomic E-state index is 12.9. The number of carbonyl (C=O) groups excluding carboxylic acids is 1. The first-order valence-electron chi connectivity index (χ1n) is 10.1. The molecule has 0 radical (unpaired) electrons. The van der Waals surface area contributed by atoms with Crippen molar-refractivity contribution in [1.29, 1.82) is 0 Å². The molecule has 4 atom stereocenters. The Labute approximate surface area is 185 Å². The Morgan fingerprint density at radius 1 is 1.06 bits per heavy atom. The lowest BCUT2D eigenvalue weighted by Gasteiger charge is -2.18. The van der Waals surface area contributed by atoms with Gasteiger partial charge in [0.25, 0.3) is 0 Å². The van der Waals surface area contributed by atoms with Crippen LogP contribution < -0.4 is 5.32 Å². The molecule has 3 heterocycles. The summed E-state index contributed by atoms with van der Waals surface area (Å²) in [7, 11) is 0. The number of carbonyl (C=O) groups is 1. The predicted octanol–water partition coefficient (Wildman–Crippen LogP) is 3.31. The van der Waals surface area contributed by atoms with E-state index in [2.05, 4.69) is 20.8 Å². The number of halogens is 3. The number of rotatable bonds is 4. The molecule has 2 aromatic carbocycles. The molecule has 12 heteroatoms. The second-order valence-electron chi connectivity index (χ2n) is 7.62. The summed E-state index contributed by atoms with van der Waals surface area (Å²) in [5.74, 6) is 0.556. The Bertz CT molecular complexity index is 1140. The van der Waals surface area contributed by atoms with Crippen molar-refractivity contribution >= 4 is 11.8 Å². The van der Waals surface area contributed by atoms with Gasteiger partial charge in [-0.1, -0.05) is 36.4 Å². The van der Waals surface area contributed by atoms with Crippen molar-refractivity contribution in [2.24, 2.45) is 0 Å². The summed E-state index contributed by atoms with van der Waals surface area (Å²) in [6.07, 6.45) is -7.17. The number of ether oxygens (including phenoxy) is 3. The summed E-state index contributed by atoms with van der Waals surface area (Å²) in [4.78, 5) is 12.3. The molecule has 1 amide bonds. The van der Waals surface area contributed by atoms with Gasteiger partial charge < -0.3 is 14.2 Å². The van der Waals surface area contributed by atoms with Crippen LogP contribution in [0.1, 0.15) is 11.6 Å². The van der Waals surface area contributed by atoms with E-state index in [1.807, 2.05) is 30.3 Å². The van der Waals surface area contributed by atoms with Crippen molar-refractivity contribution in [3.63, 3.8) is 0 Å². The minimum absolute atomic E-state index is 0.0308. The number of benzene rings is 2. The summed E-state index contributed by atoms with van der Waals surface area (Å²) in [6.45, 7) is 0.319. The molecular weight excluding hydrogens is 443 g/mol. The van der Waals surface area contributed by atoms with Crippen LogP contribution >= 0.6 is 0 Å². The Morgan fingerprint density at radius 3 is 2.64 bits per heavy atom. The Hall–Kier alpha value is -3.51. The summed E-state index contributed by atoms with van der Waals surface area (Å²) < 4.78 is 57.3. The van der Waals surface area contributed by atoms with Crippen molar-refractivity contribution in [3.8, 4) is 11.4 Å². The van der Waals surface area contributed by atoms with E-state index < -0.39 is 36.1 Å². The van der Waals surface area contributed by atoms with Gasteiger partial charge in [0, 0.05) is 11.3 Å². The number of nitrogens with zero attached hydrogens (tertiary/aromatic N) is 4. The van der Waals surface area contributed by atoms with Crippen LogP contribution in [0.4, 0.5) is 23.7 Å². The highest BCUT2D eigenvalue weighted by molar-refractivity contribution is 5.84. The molecule has 1 aromatic heterocycles. The van der Waals surface area contributed by atoms with Crippen LogP contribution in [0.25, 0.3) is 11.4 Å². The highest BCUT2D eigenvalue weighted by Gasteiger charge is 2.51. The van der Waals surface area contributed by atoms with Crippen molar-refractivity contribution in [1.82, 2.24) is 20.2 Å². The normalized spacial score (nSPS) is 24.5. The molecule has 2 aliphatic rings. The number of hydrogen-bond acceptors (Lipinski definition) is 7. The number of alkyl halides is 3. The molecule has 2 aliphatic heterocycles. The van der Waals surface area contributed by atoms with Gasteiger partial charge in [0.15, 0.2) is 11.9 Å². The lowest BCUT2D eigenvalue weighted by Crippen LogP contribution is -2.35. The maximum Gasteiger partial charge on any atom is 0.416 e. The molecule has 5 rings (SSSR count). The van der Waals surface area contributed by atoms with Gasteiger partial charge in [-0.15, -0.1) is 5.10 Å². The number of tetrazole rings is 1. The minimum atomic E-state index is -4.52. The van der Waals surface area contributed by atoms with Crippen molar-refractivity contribution in [2.45, 2.75) is 30.5 Å². The standard InChI is InChI=1S/C21H18F3N5O4/c22-21(23,24)13-7-4-8-14(9-13)25-20(30)33-16-11-32-17-15(10-31-18(16)17)29-19(26-27-28-29)12-5-2-1-3-6-12/h1-9,15-18H,10-11H2,(H,25,30)/t15-,16+,17+,18+/m0/s1. The fraction of sp³-hybridized carbons (Fsp3) is 0.333. The van der Waals surface area contributed by atoms with E-state index >= 15 is 0 Å². The molecular formula is C21H18F3N5O4. The predicted molar refractivity (Wildman–Crippen MR) is 107 cm³/mol. The summed E-state index contributed by atoms with van der Waals surface area (Å²) in [6, 6.07) is 13.4. The zero-order valence-corrected chi connectivity index (χ0v) is 17.0. The van der Waals surface area contributed by atoms with Crippen LogP contribution in [0.15, 0.2) is 54.6 Å². The monoisotopic (exact) mass is 461 g/mol. The third kappa shape index (κ3) is 4.26. The first-order chi connectivity index (χ1) is 15.9. The van der Waals surface area contributed by atoms with E-state index in [0.717, 1.165) is 17.7 Å². The van der Waals surface area contributed by atoms with Crippen molar-refractivity contribution < 1.29 is 32.2 Å². The Balaban J connectivity index is 1.25.